The highest BCUT2D eigenvalue weighted by molar-refractivity contribution is 5.96. The summed E-state index contributed by atoms with van der Waals surface area (Å²) < 4.78 is 11.0. The maximum atomic E-state index is 12.4. The monoisotopic (exact) mass is 529 g/mol. The highest BCUT2D eigenvalue weighted by Gasteiger charge is 2.24. The number of hydrogen-bond acceptors (Lipinski definition) is 7. The largest absolute Gasteiger partial charge is 0.494 e. The number of alkyl carbamates (subject to hydrolysis) is 1. The zero-order valence-electron chi connectivity index (χ0n) is 21.9. The first kappa shape index (κ1) is 30.1. The van der Waals surface area contributed by atoms with E-state index in [-0.39, 0.29) is 5.69 Å². The molecule has 206 valence electrons. The van der Waals surface area contributed by atoms with E-state index >= 15 is 0 Å². The molecule has 0 saturated carbocycles. The lowest BCUT2D eigenvalue weighted by Crippen LogP contribution is -2.42. The quantitative estimate of drug-likeness (QED) is 0.266. The van der Waals surface area contributed by atoms with Crippen LogP contribution in [0, 0.1) is 0 Å². The lowest BCUT2D eigenvalue weighted by molar-refractivity contribution is -0.145. The summed E-state index contributed by atoms with van der Waals surface area (Å²) in [5, 5.41) is 22.9. The number of aliphatic carboxylic acids is 2. The minimum Gasteiger partial charge on any atom is -0.494 e. The van der Waals surface area contributed by atoms with Crippen LogP contribution in [0.3, 0.4) is 0 Å². The first-order valence-corrected chi connectivity index (χ1v) is 12.4. The number of nitrogens with zero attached hydrogens (tertiary/aromatic N) is 1. The Balaban J connectivity index is 1.77. The summed E-state index contributed by atoms with van der Waals surface area (Å²) in [5.74, 6) is -2.87. The molecule has 0 bridgehead atoms. The summed E-state index contributed by atoms with van der Waals surface area (Å²) in [6, 6.07) is 10.4. The summed E-state index contributed by atoms with van der Waals surface area (Å²) in [7, 11) is 0. The molecule has 0 aliphatic carbocycles. The van der Waals surface area contributed by atoms with Crippen molar-refractivity contribution in [2.75, 3.05) is 13.2 Å². The van der Waals surface area contributed by atoms with Crippen molar-refractivity contribution in [3.63, 3.8) is 0 Å². The first-order valence-electron chi connectivity index (χ1n) is 12.4. The Morgan fingerprint density at radius 3 is 2.26 bits per heavy atom. The maximum Gasteiger partial charge on any atom is 0.407 e. The number of carboxylic acids is 2. The number of nitrogens with one attached hydrogen (secondary N) is 2. The number of rotatable bonds is 14. The molecule has 2 rings (SSSR count). The van der Waals surface area contributed by atoms with E-state index in [0.717, 1.165) is 31.2 Å². The summed E-state index contributed by atoms with van der Waals surface area (Å²) >= 11 is 0. The number of unbranched alkanes of at least 4 members (excludes halogenated alkanes) is 3. The number of pyridine rings is 1. The first-order chi connectivity index (χ1) is 17.9. The Bertz CT molecular complexity index is 1100. The van der Waals surface area contributed by atoms with Crippen LogP contribution in [0.1, 0.15) is 63.4 Å². The Morgan fingerprint density at radius 1 is 0.947 bits per heavy atom. The zero-order chi connectivity index (χ0) is 28.1. The van der Waals surface area contributed by atoms with E-state index in [2.05, 4.69) is 15.6 Å². The number of carboxylic acid groups (broad SMARTS) is 2. The van der Waals surface area contributed by atoms with Crippen molar-refractivity contribution < 1.29 is 38.9 Å². The van der Waals surface area contributed by atoms with E-state index in [9.17, 15) is 19.2 Å². The highest BCUT2D eigenvalue weighted by atomic mass is 16.6. The number of aromatic nitrogens is 1. The van der Waals surface area contributed by atoms with Crippen LogP contribution in [0.25, 0.3) is 11.3 Å². The molecule has 0 aliphatic heterocycles. The summed E-state index contributed by atoms with van der Waals surface area (Å²) in [4.78, 5) is 50.3. The van der Waals surface area contributed by atoms with Gasteiger partial charge in [-0.15, -0.1) is 0 Å². The van der Waals surface area contributed by atoms with E-state index in [1.165, 1.54) is 6.07 Å². The number of hydrogen-bond donors (Lipinski definition) is 4. The molecule has 1 heterocycles. The molecule has 1 aromatic heterocycles. The number of ether oxygens (including phenoxy) is 2. The van der Waals surface area contributed by atoms with Crippen molar-refractivity contribution in [2.45, 2.75) is 64.5 Å². The average molecular weight is 530 g/mol. The van der Waals surface area contributed by atoms with Gasteiger partial charge in [-0.1, -0.05) is 18.9 Å². The van der Waals surface area contributed by atoms with Gasteiger partial charge >= 0.3 is 18.0 Å². The van der Waals surface area contributed by atoms with Crippen LogP contribution >= 0.6 is 0 Å². The van der Waals surface area contributed by atoms with Crippen LogP contribution in [-0.4, -0.2) is 63.9 Å². The number of benzene rings is 1. The van der Waals surface area contributed by atoms with Gasteiger partial charge in [-0.3, -0.25) is 9.59 Å². The molecule has 11 nitrogen and oxygen atoms in total. The minimum atomic E-state index is -1.56. The van der Waals surface area contributed by atoms with Gasteiger partial charge in [0.2, 0.25) is 0 Å². The fourth-order valence-electron chi connectivity index (χ4n) is 3.33. The van der Waals surface area contributed by atoms with Crippen LogP contribution in [0.4, 0.5) is 4.79 Å². The molecule has 11 heteroatoms. The number of amides is 2. The molecule has 1 atom stereocenters. The van der Waals surface area contributed by atoms with Crippen LogP contribution in [0.2, 0.25) is 0 Å². The smallest absolute Gasteiger partial charge is 0.407 e. The zero-order valence-corrected chi connectivity index (χ0v) is 21.9. The van der Waals surface area contributed by atoms with Gasteiger partial charge < -0.3 is 30.3 Å². The second-order valence-corrected chi connectivity index (χ2v) is 9.59. The molecule has 0 aliphatic rings. The maximum absolute atomic E-state index is 12.4. The van der Waals surface area contributed by atoms with Gasteiger partial charge in [0.15, 0.2) is 0 Å². The third kappa shape index (κ3) is 11.3. The second-order valence-electron chi connectivity index (χ2n) is 9.59. The van der Waals surface area contributed by atoms with Crippen molar-refractivity contribution in [2.24, 2.45) is 0 Å². The topological polar surface area (TPSA) is 164 Å². The third-order valence-corrected chi connectivity index (χ3v) is 5.12. The van der Waals surface area contributed by atoms with Crippen molar-refractivity contribution >= 4 is 23.9 Å². The van der Waals surface area contributed by atoms with Gasteiger partial charge in [-0.25, -0.2) is 14.6 Å². The predicted molar refractivity (Wildman–Crippen MR) is 139 cm³/mol. The van der Waals surface area contributed by atoms with E-state index in [0.29, 0.717) is 24.6 Å². The SMILES string of the molecule is CC(C)(C)OC(=O)NCCCCCCOc1ccc(-c2cccc(C(=O)N[C@@H](CC(=O)O)C(=O)O)n2)cc1. The van der Waals surface area contributed by atoms with E-state index in [1.807, 2.05) is 20.8 Å². The van der Waals surface area contributed by atoms with Crippen LogP contribution in [0.5, 0.6) is 5.75 Å². The molecule has 0 spiro atoms. The summed E-state index contributed by atoms with van der Waals surface area (Å²) in [6.45, 7) is 6.58. The fraction of sp³-hybridized carbons (Fsp3) is 0.444. The average Bonchev–Trinajstić information content (AvgIpc) is 2.84. The molecule has 4 N–H and O–H groups in total. The van der Waals surface area contributed by atoms with Crippen molar-refractivity contribution in [1.29, 1.82) is 0 Å². The molecule has 0 saturated heterocycles. The summed E-state index contributed by atoms with van der Waals surface area (Å²) in [6.07, 6.45) is 2.49. The molecule has 38 heavy (non-hydrogen) atoms. The fourth-order valence-corrected chi connectivity index (χ4v) is 3.33. The predicted octanol–water partition coefficient (Wildman–Crippen LogP) is 3.87. The molecule has 0 radical (unpaired) electrons. The molecule has 2 aromatic rings. The molecule has 1 aromatic carbocycles. The van der Waals surface area contributed by atoms with Gasteiger partial charge in [-0.05, 0) is 70.0 Å². The lowest BCUT2D eigenvalue weighted by Gasteiger charge is -2.19. The Kier molecular flexibility index (Phi) is 11.5. The van der Waals surface area contributed by atoms with Gasteiger partial charge in [0.05, 0.1) is 18.7 Å². The van der Waals surface area contributed by atoms with Gasteiger partial charge in [0.1, 0.15) is 23.1 Å². The Hall–Kier alpha value is -4.15. The molecule has 2 amide bonds. The third-order valence-electron chi connectivity index (χ3n) is 5.12. The van der Waals surface area contributed by atoms with Crippen LogP contribution in [0.15, 0.2) is 42.5 Å². The highest BCUT2D eigenvalue weighted by Crippen LogP contribution is 2.21. The van der Waals surface area contributed by atoms with Gasteiger partial charge in [-0.2, -0.15) is 0 Å². The summed E-state index contributed by atoms with van der Waals surface area (Å²) in [5.41, 5.74) is 0.689. The van der Waals surface area contributed by atoms with E-state index in [1.54, 1.807) is 36.4 Å². The van der Waals surface area contributed by atoms with Crippen molar-refractivity contribution in [1.82, 2.24) is 15.6 Å². The van der Waals surface area contributed by atoms with E-state index in [4.69, 9.17) is 19.7 Å². The number of carbonyl (C=O) groups excluding carboxylic acids is 2. The van der Waals surface area contributed by atoms with Crippen LogP contribution in [-0.2, 0) is 14.3 Å². The van der Waals surface area contributed by atoms with E-state index < -0.39 is 42.0 Å². The van der Waals surface area contributed by atoms with Gasteiger partial charge in [0, 0.05) is 12.1 Å². The van der Waals surface area contributed by atoms with Crippen LogP contribution < -0.4 is 15.4 Å². The second kappa shape index (κ2) is 14.6. The normalized spacial score (nSPS) is 11.8. The molecular weight excluding hydrogens is 494 g/mol. The number of carbonyl (C=O) groups is 4. The Labute approximate surface area is 221 Å². The molecular formula is C27H35N3O8. The van der Waals surface area contributed by atoms with Crippen molar-refractivity contribution in [3.05, 3.63) is 48.2 Å². The standard InChI is InChI=1S/C27H35N3O8/c1-27(2,3)38-26(36)28-15-6-4-5-7-16-37-19-13-11-18(12-14-19)20-9-8-10-21(29-20)24(33)30-22(25(34)35)17-23(31)32/h8-14,22H,4-7,15-17H2,1-3H3,(H,28,36)(H,30,33)(H,31,32)(H,34,35)/t22-/m0/s1. The lowest BCUT2D eigenvalue weighted by atomic mass is 10.1. The minimum absolute atomic E-state index is 0.0271. The van der Waals surface area contributed by atoms with Gasteiger partial charge in [0.25, 0.3) is 5.91 Å². The Morgan fingerprint density at radius 2 is 1.63 bits per heavy atom. The molecule has 0 unspecified atom stereocenters. The van der Waals surface area contributed by atoms with Crippen molar-refractivity contribution in [3.8, 4) is 17.0 Å². The molecule has 0 fully saturated rings.